The van der Waals surface area contributed by atoms with Gasteiger partial charge in [-0.1, -0.05) is 29.8 Å². The van der Waals surface area contributed by atoms with E-state index in [1.54, 1.807) is 0 Å². The van der Waals surface area contributed by atoms with Crippen molar-refractivity contribution < 1.29 is 14.7 Å². The standard InChI is InChI=1S/C20H29NO3/c1-6-16(21-24-7-2)20-17(22)10-15(11-18(20)23)19-13(4)8-12(3)9-14(19)5/h8-9,15,17,20,22H,6-7,10-11H2,1-5H3. The molecule has 2 rings (SSSR count). The number of benzene rings is 1. The van der Waals surface area contributed by atoms with E-state index in [1.165, 1.54) is 22.3 Å². The van der Waals surface area contributed by atoms with Gasteiger partial charge in [-0.25, -0.2) is 0 Å². The molecule has 1 saturated carbocycles. The van der Waals surface area contributed by atoms with Gasteiger partial charge in [0.05, 0.1) is 17.7 Å². The van der Waals surface area contributed by atoms with Crippen LogP contribution in [0, 0.1) is 26.7 Å². The van der Waals surface area contributed by atoms with Crippen LogP contribution in [0.5, 0.6) is 0 Å². The Morgan fingerprint density at radius 3 is 2.38 bits per heavy atom. The van der Waals surface area contributed by atoms with Gasteiger partial charge in [0.15, 0.2) is 0 Å². The molecule has 3 unspecified atom stereocenters. The lowest BCUT2D eigenvalue weighted by atomic mass is 9.72. The van der Waals surface area contributed by atoms with Crippen molar-refractivity contribution >= 4 is 11.5 Å². The minimum Gasteiger partial charge on any atom is -0.396 e. The number of hydrogen-bond acceptors (Lipinski definition) is 4. The molecule has 0 heterocycles. The molecule has 0 radical (unpaired) electrons. The molecule has 1 aromatic carbocycles. The van der Waals surface area contributed by atoms with Crippen molar-refractivity contribution in [3.63, 3.8) is 0 Å². The number of ketones is 1. The quantitative estimate of drug-likeness (QED) is 0.659. The second-order valence-corrected chi connectivity index (χ2v) is 6.81. The number of hydrogen-bond donors (Lipinski definition) is 1. The number of aliphatic hydroxyl groups excluding tert-OH is 1. The molecule has 0 spiro atoms. The Bertz CT molecular complexity index is 613. The van der Waals surface area contributed by atoms with Crippen molar-refractivity contribution in [1.82, 2.24) is 0 Å². The van der Waals surface area contributed by atoms with Crippen LogP contribution in [0.25, 0.3) is 0 Å². The Morgan fingerprint density at radius 1 is 1.25 bits per heavy atom. The maximum atomic E-state index is 12.7. The molecule has 132 valence electrons. The molecule has 1 aromatic rings. The fourth-order valence-electron chi connectivity index (χ4n) is 4.05. The summed E-state index contributed by atoms with van der Waals surface area (Å²) in [4.78, 5) is 17.9. The van der Waals surface area contributed by atoms with Crippen LogP contribution in [0.2, 0.25) is 0 Å². The van der Waals surface area contributed by atoms with Crippen LogP contribution >= 0.6 is 0 Å². The van der Waals surface area contributed by atoms with Crippen LogP contribution in [-0.2, 0) is 9.63 Å². The third kappa shape index (κ3) is 3.86. The molecule has 0 aliphatic heterocycles. The predicted octanol–water partition coefficient (Wildman–Crippen LogP) is 3.84. The third-order valence-electron chi connectivity index (χ3n) is 4.88. The Morgan fingerprint density at radius 2 is 1.88 bits per heavy atom. The smallest absolute Gasteiger partial charge is 0.144 e. The van der Waals surface area contributed by atoms with E-state index in [0.29, 0.717) is 31.6 Å². The average molecular weight is 331 g/mol. The molecule has 4 heteroatoms. The molecule has 1 aliphatic rings. The lowest BCUT2D eigenvalue weighted by Gasteiger charge is -2.34. The molecular formula is C20H29NO3. The number of oxime groups is 1. The number of carbonyl (C=O) groups excluding carboxylic acids is 1. The van der Waals surface area contributed by atoms with E-state index in [9.17, 15) is 9.90 Å². The van der Waals surface area contributed by atoms with Gasteiger partial charge < -0.3 is 9.94 Å². The molecule has 1 N–H and O–H groups in total. The van der Waals surface area contributed by atoms with Crippen molar-refractivity contribution in [3.8, 4) is 0 Å². The van der Waals surface area contributed by atoms with Crippen molar-refractivity contribution in [2.75, 3.05) is 6.61 Å². The largest absolute Gasteiger partial charge is 0.396 e. The minimum atomic E-state index is -0.699. The molecule has 1 aliphatic carbocycles. The summed E-state index contributed by atoms with van der Waals surface area (Å²) >= 11 is 0. The summed E-state index contributed by atoms with van der Waals surface area (Å²) in [5.41, 5.74) is 5.51. The summed E-state index contributed by atoms with van der Waals surface area (Å²) in [6.07, 6.45) is 0.959. The molecule has 3 atom stereocenters. The van der Waals surface area contributed by atoms with Gasteiger partial charge in [0.2, 0.25) is 0 Å². The van der Waals surface area contributed by atoms with E-state index in [0.717, 1.165) is 0 Å². The van der Waals surface area contributed by atoms with Gasteiger partial charge in [-0.3, -0.25) is 4.79 Å². The lowest BCUT2D eigenvalue weighted by molar-refractivity contribution is -0.126. The van der Waals surface area contributed by atoms with E-state index in [4.69, 9.17) is 4.84 Å². The number of nitrogens with zero attached hydrogens (tertiary/aromatic N) is 1. The molecule has 0 bridgehead atoms. The number of aryl methyl sites for hydroxylation is 3. The van der Waals surface area contributed by atoms with Crippen LogP contribution in [0.4, 0.5) is 0 Å². The van der Waals surface area contributed by atoms with Crippen LogP contribution in [-0.4, -0.2) is 29.3 Å². The van der Waals surface area contributed by atoms with Gasteiger partial charge in [-0.05, 0) is 63.1 Å². The van der Waals surface area contributed by atoms with Gasteiger partial charge in [0, 0.05) is 6.42 Å². The maximum Gasteiger partial charge on any atom is 0.144 e. The summed E-state index contributed by atoms with van der Waals surface area (Å²) in [5, 5.41) is 14.7. The van der Waals surface area contributed by atoms with Crippen molar-refractivity contribution in [2.24, 2.45) is 11.1 Å². The van der Waals surface area contributed by atoms with E-state index >= 15 is 0 Å². The minimum absolute atomic E-state index is 0.0680. The average Bonchev–Trinajstić information content (AvgIpc) is 2.48. The van der Waals surface area contributed by atoms with E-state index in [2.05, 4.69) is 38.1 Å². The number of rotatable bonds is 5. The van der Waals surface area contributed by atoms with E-state index < -0.39 is 12.0 Å². The fourth-order valence-corrected chi connectivity index (χ4v) is 4.05. The predicted molar refractivity (Wildman–Crippen MR) is 96.5 cm³/mol. The Kier molecular flexibility index (Phi) is 6.16. The monoisotopic (exact) mass is 331 g/mol. The molecule has 0 aromatic heterocycles. The van der Waals surface area contributed by atoms with Crippen molar-refractivity contribution in [2.45, 2.75) is 65.9 Å². The van der Waals surface area contributed by atoms with Crippen molar-refractivity contribution in [1.29, 1.82) is 0 Å². The summed E-state index contributed by atoms with van der Waals surface area (Å²) in [5.74, 6) is -0.378. The Balaban J connectivity index is 2.27. The SMILES string of the molecule is CCON=C(CC)C1C(=O)CC(c2c(C)cc(C)cc2C)CC1O. The van der Waals surface area contributed by atoms with Gasteiger partial charge in [-0.2, -0.15) is 0 Å². The molecule has 24 heavy (non-hydrogen) atoms. The zero-order chi connectivity index (χ0) is 17.9. The van der Waals surface area contributed by atoms with Gasteiger partial charge in [0.1, 0.15) is 12.4 Å². The third-order valence-corrected chi connectivity index (χ3v) is 4.88. The zero-order valence-corrected chi connectivity index (χ0v) is 15.4. The topological polar surface area (TPSA) is 58.9 Å². The normalized spacial score (nSPS) is 25.0. The second-order valence-electron chi connectivity index (χ2n) is 6.81. The van der Waals surface area contributed by atoms with Gasteiger partial charge >= 0.3 is 0 Å². The highest BCUT2D eigenvalue weighted by Crippen LogP contribution is 2.38. The summed E-state index contributed by atoms with van der Waals surface area (Å²) in [6, 6.07) is 4.30. The lowest BCUT2D eigenvalue weighted by Crippen LogP contribution is -2.41. The molecule has 4 nitrogen and oxygen atoms in total. The number of aliphatic hydroxyl groups is 1. The Labute approximate surface area is 144 Å². The Hall–Kier alpha value is -1.68. The summed E-state index contributed by atoms with van der Waals surface area (Å²) < 4.78 is 0. The number of carbonyl (C=O) groups is 1. The van der Waals surface area contributed by atoms with Crippen molar-refractivity contribution in [3.05, 3.63) is 34.4 Å². The van der Waals surface area contributed by atoms with Crippen LogP contribution < -0.4 is 0 Å². The number of Topliss-reactive ketones (excluding diaryl/α,β-unsaturated/α-hetero) is 1. The van der Waals surface area contributed by atoms with Crippen LogP contribution in [0.15, 0.2) is 17.3 Å². The van der Waals surface area contributed by atoms with Gasteiger partial charge in [-0.15, -0.1) is 0 Å². The molecule has 1 fully saturated rings. The highest BCUT2D eigenvalue weighted by Gasteiger charge is 2.39. The van der Waals surface area contributed by atoms with Gasteiger partial charge in [0.25, 0.3) is 0 Å². The summed E-state index contributed by atoms with van der Waals surface area (Å²) in [6.45, 7) is 10.5. The maximum absolute atomic E-state index is 12.7. The highest BCUT2D eigenvalue weighted by atomic mass is 16.6. The molecule has 0 saturated heterocycles. The zero-order valence-electron chi connectivity index (χ0n) is 15.4. The van der Waals surface area contributed by atoms with E-state index in [1.807, 2.05) is 13.8 Å². The summed E-state index contributed by atoms with van der Waals surface area (Å²) in [7, 11) is 0. The second kappa shape index (κ2) is 7.93. The highest BCUT2D eigenvalue weighted by molar-refractivity contribution is 6.06. The van der Waals surface area contributed by atoms with Crippen LogP contribution in [0.3, 0.4) is 0 Å². The first-order chi connectivity index (χ1) is 11.4. The van der Waals surface area contributed by atoms with Crippen LogP contribution in [0.1, 0.15) is 61.3 Å². The first-order valence-corrected chi connectivity index (χ1v) is 8.86. The first-order valence-electron chi connectivity index (χ1n) is 8.86. The van der Waals surface area contributed by atoms with E-state index in [-0.39, 0.29) is 11.7 Å². The fraction of sp³-hybridized carbons (Fsp3) is 0.600. The molecule has 0 amide bonds. The first kappa shape index (κ1) is 18.7. The molecular weight excluding hydrogens is 302 g/mol.